The number of halogens is 1. The highest BCUT2D eigenvalue weighted by atomic mass is 79.9. The average Bonchev–Trinajstić information content (AvgIpc) is 2.62. The van der Waals surface area contributed by atoms with Crippen LogP contribution in [0.4, 0.5) is 5.69 Å². The summed E-state index contributed by atoms with van der Waals surface area (Å²) in [6, 6.07) is 12.9. The van der Waals surface area contributed by atoms with E-state index in [-0.39, 0.29) is 24.7 Å². The Balaban J connectivity index is 1.79. The van der Waals surface area contributed by atoms with Gasteiger partial charge in [0.25, 0.3) is 0 Å². The molecule has 0 heterocycles. The molecule has 0 aliphatic rings. The summed E-state index contributed by atoms with van der Waals surface area (Å²) >= 11 is 3.37. The summed E-state index contributed by atoms with van der Waals surface area (Å²) in [5.41, 5.74) is 4.95. The van der Waals surface area contributed by atoms with Crippen molar-refractivity contribution in [3.63, 3.8) is 0 Å². The van der Waals surface area contributed by atoms with E-state index < -0.39 is 0 Å². The monoisotopic (exact) mass is 417 g/mol. The summed E-state index contributed by atoms with van der Waals surface area (Å²) in [4.78, 5) is 23.7. The van der Waals surface area contributed by atoms with Crippen LogP contribution in [0, 0.1) is 6.92 Å². The molecule has 136 valence electrons. The number of anilines is 1. The van der Waals surface area contributed by atoms with E-state index in [9.17, 15) is 9.59 Å². The molecule has 0 fully saturated rings. The van der Waals surface area contributed by atoms with Crippen LogP contribution < -0.4 is 15.5 Å². The molecule has 7 heteroatoms. The van der Waals surface area contributed by atoms with Gasteiger partial charge >= 0.3 is 0 Å². The molecule has 2 N–H and O–H groups in total. The molecule has 0 radical (unpaired) electrons. The summed E-state index contributed by atoms with van der Waals surface area (Å²) in [6.45, 7) is 1.97. The highest BCUT2D eigenvalue weighted by Gasteiger charge is 2.07. The number of hydrazone groups is 1. The number of benzene rings is 2. The lowest BCUT2D eigenvalue weighted by molar-refractivity contribution is -0.124. The molecule has 0 saturated heterocycles. The number of aryl methyl sites for hydroxylation is 1. The Bertz CT molecular complexity index is 804. The van der Waals surface area contributed by atoms with E-state index in [0.29, 0.717) is 11.4 Å². The highest BCUT2D eigenvalue weighted by molar-refractivity contribution is 9.10. The van der Waals surface area contributed by atoms with Crippen molar-refractivity contribution in [2.45, 2.75) is 19.8 Å². The molecule has 0 spiro atoms. The third-order valence-electron chi connectivity index (χ3n) is 3.50. The quantitative estimate of drug-likeness (QED) is 0.532. The number of nitrogens with zero attached hydrogens (tertiary/aromatic N) is 1. The largest absolute Gasteiger partial charge is 0.496 e. The van der Waals surface area contributed by atoms with E-state index in [1.54, 1.807) is 13.2 Å². The Hall–Kier alpha value is -2.67. The predicted octanol–water partition coefficient (Wildman–Crippen LogP) is 3.64. The Kier molecular flexibility index (Phi) is 7.35. The van der Waals surface area contributed by atoms with Gasteiger partial charge in [0, 0.05) is 28.6 Å². The van der Waals surface area contributed by atoms with Crippen molar-refractivity contribution < 1.29 is 14.3 Å². The molecule has 2 rings (SSSR count). The number of hydrogen-bond acceptors (Lipinski definition) is 4. The van der Waals surface area contributed by atoms with Crippen molar-refractivity contribution in [3.05, 3.63) is 58.1 Å². The topological polar surface area (TPSA) is 79.8 Å². The zero-order chi connectivity index (χ0) is 18.9. The van der Waals surface area contributed by atoms with Gasteiger partial charge in [-0.25, -0.2) is 5.43 Å². The Morgan fingerprint density at radius 2 is 1.81 bits per heavy atom. The fourth-order valence-corrected chi connectivity index (χ4v) is 2.50. The van der Waals surface area contributed by atoms with Gasteiger partial charge < -0.3 is 10.1 Å². The van der Waals surface area contributed by atoms with Gasteiger partial charge in [-0.3, -0.25) is 9.59 Å². The van der Waals surface area contributed by atoms with Crippen molar-refractivity contribution in [2.75, 3.05) is 12.4 Å². The molecule has 26 heavy (non-hydrogen) atoms. The molecule has 0 bridgehead atoms. The minimum absolute atomic E-state index is 0.0463. The van der Waals surface area contributed by atoms with Crippen molar-refractivity contribution in [2.24, 2.45) is 5.10 Å². The standard InChI is InChI=1S/C19H20BrN3O3/c1-13-3-6-16(7-4-13)22-18(24)9-10-19(25)23-21-12-14-11-15(20)5-8-17(14)26-2/h3-8,11-12H,9-10H2,1-2H3,(H,22,24)(H,23,25). The lowest BCUT2D eigenvalue weighted by atomic mass is 10.2. The van der Waals surface area contributed by atoms with Gasteiger partial charge in [0.2, 0.25) is 11.8 Å². The van der Waals surface area contributed by atoms with Crippen LogP contribution >= 0.6 is 15.9 Å². The maximum absolute atomic E-state index is 11.9. The maximum atomic E-state index is 11.9. The first-order valence-corrected chi connectivity index (χ1v) is 8.79. The second-order valence-electron chi connectivity index (χ2n) is 5.59. The third-order valence-corrected chi connectivity index (χ3v) is 3.99. The Morgan fingerprint density at radius 3 is 2.50 bits per heavy atom. The van der Waals surface area contributed by atoms with Gasteiger partial charge in [-0.15, -0.1) is 0 Å². The van der Waals surface area contributed by atoms with Crippen molar-refractivity contribution in [1.82, 2.24) is 5.43 Å². The number of amides is 2. The van der Waals surface area contributed by atoms with E-state index in [1.165, 1.54) is 6.21 Å². The predicted molar refractivity (Wildman–Crippen MR) is 105 cm³/mol. The second-order valence-corrected chi connectivity index (χ2v) is 6.51. The number of carbonyl (C=O) groups is 2. The molecular formula is C19H20BrN3O3. The second kappa shape index (κ2) is 9.72. The first-order chi connectivity index (χ1) is 12.5. The van der Waals surface area contributed by atoms with E-state index in [1.807, 2.05) is 43.3 Å². The first-order valence-electron chi connectivity index (χ1n) is 8.00. The summed E-state index contributed by atoms with van der Waals surface area (Å²) in [6.07, 6.45) is 1.62. The van der Waals surface area contributed by atoms with Crippen LogP contribution in [0.1, 0.15) is 24.0 Å². The van der Waals surface area contributed by atoms with Crippen molar-refractivity contribution in [3.8, 4) is 5.75 Å². The molecule has 0 unspecified atom stereocenters. The van der Waals surface area contributed by atoms with Crippen LogP contribution in [-0.2, 0) is 9.59 Å². The molecule has 0 atom stereocenters. The third kappa shape index (κ3) is 6.33. The zero-order valence-electron chi connectivity index (χ0n) is 14.6. The van der Waals surface area contributed by atoms with Crippen LogP contribution in [0.15, 0.2) is 52.0 Å². The SMILES string of the molecule is COc1ccc(Br)cc1C=NNC(=O)CCC(=O)Nc1ccc(C)cc1. The average molecular weight is 418 g/mol. The molecule has 2 aromatic rings. The number of methoxy groups -OCH3 is 1. The Labute approximate surface area is 160 Å². The van der Waals surface area contributed by atoms with Crippen LogP contribution in [0.25, 0.3) is 0 Å². The molecular weight excluding hydrogens is 398 g/mol. The molecule has 6 nitrogen and oxygen atoms in total. The molecule has 0 aliphatic carbocycles. The number of hydrogen-bond donors (Lipinski definition) is 2. The van der Waals surface area contributed by atoms with Gasteiger partial charge in [-0.1, -0.05) is 33.6 Å². The minimum atomic E-state index is -0.339. The summed E-state index contributed by atoms with van der Waals surface area (Å²) < 4.78 is 6.10. The summed E-state index contributed by atoms with van der Waals surface area (Å²) in [7, 11) is 1.56. The highest BCUT2D eigenvalue weighted by Crippen LogP contribution is 2.21. The zero-order valence-corrected chi connectivity index (χ0v) is 16.2. The van der Waals surface area contributed by atoms with Gasteiger partial charge in [0.1, 0.15) is 5.75 Å². The van der Waals surface area contributed by atoms with E-state index >= 15 is 0 Å². The van der Waals surface area contributed by atoms with Crippen LogP contribution in [-0.4, -0.2) is 25.1 Å². The molecule has 0 saturated carbocycles. The van der Waals surface area contributed by atoms with Crippen LogP contribution in [0.5, 0.6) is 5.75 Å². The van der Waals surface area contributed by atoms with E-state index in [4.69, 9.17) is 4.74 Å². The molecule has 0 aliphatic heterocycles. The molecule has 0 aromatic heterocycles. The first kappa shape index (κ1) is 19.7. The summed E-state index contributed by atoms with van der Waals surface area (Å²) in [5.74, 6) is 0.0830. The van der Waals surface area contributed by atoms with Gasteiger partial charge in [0.15, 0.2) is 0 Å². The Morgan fingerprint density at radius 1 is 1.12 bits per heavy atom. The number of ether oxygens (including phenoxy) is 1. The summed E-state index contributed by atoms with van der Waals surface area (Å²) in [5, 5.41) is 6.65. The number of rotatable bonds is 7. The fourth-order valence-electron chi connectivity index (χ4n) is 2.12. The van der Waals surface area contributed by atoms with E-state index in [2.05, 4.69) is 31.8 Å². The van der Waals surface area contributed by atoms with Crippen LogP contribution in [0.2, 0.25) is 0 Å². The van der Waals surface area contributed by atoms with Crippen LogP contribution in [0.3, 0.4) is 0 Å². The smallest absolute Gasteiger partial charge is 0.240 e. The molecule has 2 amide bonds. The van der Waals surface area contributed by atoms with Gasteiger partial charge in [0.05, 0.1) is 13.3 Å². The van der Waals surface area contributed by atoms with Gasteiger partial charge in [-0.05, 0) is 37.3 Å². The van der Waals surface area contributed by atoms with E-state index in [0.717, 1.165) is 15.6 Å². The fraction of sp³-hybridized carbons (Fsp3) is 0.211. The number of nitrogens with one attached hydrogen (secondary N) is 2. The number of carbonyl (C=O) groups excluding carboxylic acids is 2. The van der Waals surface area contributed by atoms with Crippen molar-refractivity contribution >= 4 is 39.6 Å². The lowest BCUT2D eigenvalue weighted by Gasteiger charge is -2.06. The molecule has 2 aromatic carbocycles. The lowest BCUT2D eigenvalue weighted by Crippen LogP contribution is -2.20. The van der Waals surface area contributed by atoms with Crippen molar-refractivity contribution in [1.29, 1.82) is 0 Å². The maximum Gasteiger partial charge on any atom is 0.240 e. The minimum Gasteiger partial charge on any atom is -0.496 e. The normalized spacial score (nSPS) is 10.6. The van der Waals surface area contributed by atoms with Gasteiger partial charge in [-0.2, -0.15) is 5.10 Å².